The van der Waals surface area contributed by atoms with Crippen molar-refractivity contribution in [2.45, 2.75) is 46.3 Å². The molecule has 1 amide bonds. The van der Waals surface area contributed by atoms with Gasteiger partial charge < -0.3 is 14.8 Å². The Morgan fingerprint density at radius 3 is 2.35 bits per heavy atom. The molecule has 0 aliphatic carbocycles. The summed E-state index contributed by atoms with van der Waals surface area (Å²) < 4.78 is 11.4. The molecule has 0 saturated carbocycles. The van der Waals surface area contributed by atoms with Gasteiger partial charge in [-0.3, -0.25) is 4.79 Å². The van der Waals surface area contributed by atoms with Crippen LogP contribution in [-0.4, -0.2) is 13.0 Å². The highest BCUT2D eigenvalue weighted by Crippen LogP contribution is 2.32. The maximum atomic E-state index is 12.9. The zero-order valence-corrected chi connectivity index (χ0v) is 18.9. The minimum absolute atomic E-state index is 0.126. The van der Waals surface area contributed by atoms with E-state index in [1.165, 1.54) is 0 Å². The molecule has 0 radical (unpaired) electrons. The van der Waals surface area contributed by atoms with E-state index in [9.17, 15) is 4.79 Å². The first-order valence-corrected chi connectivity index (χ1v) is 10.6. The Balaban J connectivity index is 1.72. The number of carbonyl (C=O) groups is 1. The molecule has 3 aromatic carbocycles. The molecular formula is C27H31NO3. The zero-order chi connectivity index (χ0) is 22.4. The first-order chi connectivity index (χ1) is 14.9. The fraction of sp³-hybridized carbons (Fsp3) is 0.296. The third-order valence-corrected chi connectivity index (χ3v) is 5.40. The number of methoxy groups -OCH3 is 1. The highest BCUT2D eigenvalue weighted by molar-refractivity contribution is 5.94. The van der Waals surface area contributed by atoms with Crippen molar-refractivity contribution in [2.24, 2.45) is 0 Å². The lowest BCUT2D eigenvalue weighted by Gasteiger charge is -2.21. The molecule has 0 fully saturated rings. The minimum Gasteiger partial charge on any atom is -0.496 e. The number of rotatable bonds is 8. The summed E-state index contributed by atoms with van der Waals surface area (Å²) in [5, 5.41) is 3.12. The number of amides is 1. The van der Waals surface area contributed by atoms with E-state index in [0.717, 1.165) is 28.0 Å². The van der Waals surface area contributed by atoms with E-state index < -0.39 is 0 Å². The molecule has 162 valence electrons. The fourth-order valence-electron chi connectivity index (χ4n) is 3.64. The first-order valence-electron chi connectivity index (χ1n) is 10.6. The maximum Gasteiger partial charge on any atom is 0.251 e. The van der Waals surface area contributed by atoms with Crippen LogP contribution in [-0.2, 0) is 6.61 Å². The topological polar surface area (TPSA) is 47.6 Å². The van der Waals surface area contributed by atoms with Gasteiger partial charge in [0.1, 0.15) is 18.1 Å². The van der Waals surface area contributed by atoms with E-state index in [2.05, 4.69) is 25.2 Å². The molecule has 4 heteroatoms. The molecule has 0 unspecified atom stereocenters. The summed E-state index contributed by atoms with van der Waals surface area (Å²) in [6.45, 7) is 8.79. The highest BCUT2D eigenvalue weighted by atomic mass is 16.5. The molecule has 0 bridgehead atoms. The second-order valence-electron chi connectivity index (χ2n) is 8.10. The smallest absolute Gasteiger partial charge is 0.251 e. The van der Waals surface area contributed by atoms with Gasteiger partial charge in [-0.05, 0) is 72.4 Å². The average molecular weight is 418 g/mol. The van der Waals surface area contributed by atoms with E-state index in [4.69, 9.17) is 9.47 Å². The van der Waals surface area contributed by atoms with Crippen molar-refractivity contribution in [2.75, 3.05) is 7.11 Å². The quantitative estimate of drug-likeness (QED) is 0.475. The summed E-state index contributed by atoms with van der Waals surface area (Å²) in [5.74, 6) is 1.76. The molecule has 0 spiro atoms. The lowest BCUT2D eigenvalue weighted by molar-refractivity contribution is 0.0939. The van der Waals surface area contributed by atoms with Crippen molar-refractivity contribution < 1.29 is 14.3 Å². The summed E-state index contributed by atoms with van der Waals surface area (Å²) in [7, 11) is 1.69. The Bertz CT molecular complexity index is 1030. The Kier molecular flexibility index (Phi) is 7.35. The van der Waals surface area contributed by atoms with Crippen LogP contribution >= 0.6 is 0 Å². The second-order valence-corrected chi connectivity index (χ2v) is 8.10. The van der Waals surface area contributed by atoms with Crippen molar-refractivity contribution in [3.63, 3.8) is 0 Å². The van der Waals surface area contributed by atoms with Crippen LogP contribution in [0.25, 0.3) is 0 Å². The van der Waals surface area contributed by atoms with Crippen LogP contribution in [0, 0.1) is 6.92 Å². The molecule has 4 nitrogen and oxygen atoms in total. The van der Waals surface area contributed by atoms with E-state index >= 15 is 0 Å². The molecule has 0 aliphatic rings. The summed E-state index contributed by atoms with van der Waals surface area (Å²) in [6, 6.07) is 21.3. The number of hydrogen-bond acceptors (Lipinski definition) is 3. The van der Waals surface area contributed by atoms with E-state index in [0.29, 0.717) is 23.8 Å². The van der Waals surface area contributed by atoms with Crippen LogP contribution in [0.4, 0.5) is 0 Å². The Morgan fingerprint density at radius 2 is 1.68 bits per heavy atom. The van der Waals surface area contributed by atoms with Gasteiger partial charge in [0.15, 0.2) is 0 Å². The lowest BCUT2D eigenvalue weighted by atomic mass is 9.93. The maximum absolute atomic E-state index is 12.9. The molecule has 0 aliphatic heterocycles. The molecule has 0 heterocycles. The number of carbonyl (C=O) groups excluding carboxylic acids is 1. The lowest BCUT2D eigenvalue weighted by Crippen LogP contribution is -2.27. The third-order valence-electron chi connectivity index (χ3n) is 5.40. The van der Waals surface area contributed by atoms with Crippen LogP contribution in [0.2, 0.25) is 0 Å². The van der Waals surface area contributed by atoms with Gasteiger partial charge in [0.25, 0.3) is 5.91 Å². The summed E-state index contributed by atoms with van der Waals surface area (Å²) in [6.07, 6.45) is 0. The number of benzene rings is 3. The van der Waals surface area contributed by atoms with Crippen molar-refractivity contribution >= 4 is 5.91 Å². The monoisotopic (exact) mass is 417 g/mol. The van der Waals surface area contributed by atoms with Gasteiger partial charge in [-0.15, -0.1) is 0 Å². The third kappa shape index (κ3) is 5.66. The van der Waals surface area contributed by atoms with E-state index in [1.807, 2.05) is 62.4 Å². The highest BCUT2D eigenvalue weighted by Gasteiger charge is 2.17. The Labute approximate surface area is 185 Å². The van der Waals surface area contributed by atoms with Crippen LogP contribution in [0.5, 0.6) is 11.5 Å². The number of ether oxygens (including phenoxy) is 2. The van der Waals surface area contributed by atoms with Crippen molar-refractivity contribution in [1.82, 2.24) is 5.32 Å². The predicted octanol–water partition coefficient (Wildman–Crippen LogP) is 6.20. The van der Waals surface area contributed by atoms with E-state index in [1.54, 1.807) is 19.2 Å². The summed E-state index contributed by atoms with van der Waals surface area (Å²) in [4.78, 5) is 12.9. The molecule has 31 heavy (non-hydrogen) atoms. The van der Waals surface area contributed by atoms with Gasteiger partial charge in [0.2, 0.25) is 0 Å². The Morgan fingerprint density at radius 1 is 0.935 bits per heavy atom. The van der Waals surface area contributed by atoms with E-state index in [-0.39, 0.29) is 11.9 Å². The van der Waals surface area contributed by atoms with Gasteiger partial charge in [-0.2, -0.15) is 0 Å². The van der Waals surface area contributed by atoms with Crippen LogP contribution < -0.4 is 14.8 Å². The Hall–Kier alpha value is -3.27. The number of hydrogen-bond donors (Lipinski definition) is 1. The molecular weight excluding hydrogens is 386 g/mol. The van der Waals surface area contributed by atoms with Gasteiger partial charge in [0, 0.05) is 5.56 Å². The number of aryl methyl sites for hydroxylation is 1. The zero-order valence-electron chi connectivity index (χ0n) is 18.9. The molecule has 0 saturated heterocycles. The normalized spacial score (nSPS) is 11.8. The van der Waals surface area contributed by atoms with Crippen molar-refractivity contribution in [3.8, 4) is 11.5 Å². The standard InChI is InChI=1S/C27H31NO3/c1-18(2)24-16-25(19(3)14-26(24)30-5)20(4)28-27(29)22-12-9-13-23(15-22)31-17-21-10-7-6-8-11-21/h6-16,18,20H,17H2,1-5H3,(H,28,29)/t20-/m0/s1. The largest absolute Gasteiger partial charge is 0.496 e. The van der Waals surface area contributed by atoms with Crippen molar-refractivity contribution in [1.29, 1.82) is 0 Å². The number of nitrogens with one attached hydrogen (secondary N) is 1. The van der Waals surface area contributed by atoms with Gasteiger partial charge >= 0.3 is 0 Å². The van der Waals surface area contributed by atoms with Crippen LogP contribution in [0.3, 0.4) is 0 Å². The van der Waals surface area contributed by atoms with Crippen molar-refractivity contribution in [3.05, 3.63) is 94.5 Å². The summed E-state index contributed by atoms with van der Waals surface area (Å²) >= 11 is 0. The van der Waals surface area contributed by atoms with Gasteiger partial charge in [-0.1, -0.05) is 50.2 Å². The van der Waals surface area contributed by atoms with Gasteiger partial charge in [-0.25, -0.2) is 0 Å². The van der Waals surface area contributed by atoms with Crippen LogP contribution in [0.15, 0.2) is 66.7 Å². The molecule has 1 N–H and O–H groups in total. The average Bonchev–Trinajstić information content (AvgIpc) is 2.78. The van der Waals surface area contributed by atoms with Crippen LogP contribution in [0.1, 0.15) is 65.3 Å². The molecule has 3 aromatic rings. The molecule has 1 atom stereocenters. The molecule has 3 rings (SSSR count). The molecule has 0 aromatic heterocycles. The first kappa shape index (κ1) is 22.4. The van der Waals surface area contributed by atoms with Gasteiger partial charge in [0.05, 0.1) is 13.2 Å². The second kappa shape index (κ2) is 10.2. The minimum atomic E-state index is -0.134. The summed E-state index contributed by atoms with van der Waals surface area (Å²) in [5.41, 5.74) is 4.98. The predicted molar refractivity (Wildman–Crippen MR) is 125 cm³/mol. The fourth-order valence-corrected chi connectivity index (χ4v) is 3.64. The SMILES string of the molecule is COc1cc(C)c([C@H](C)NC(=O)c2cccc(OCc3ccccc3)c2)cc1C(C)C.